The van der Waals surface area contributed by atoms with Crippen molar-refractivity contribution >= 4 is 37.5 Å². The van der Waals surface area contributed by atoms with Crippen LogP contribution in [-0.2, 0) is 0 Å². The predicted molar refractivity (Wildman–Crippen MR) is 63.2 cm³/mol. The second kappa shape index (κ2) is 4.19. The lowest BCUT2D eigenvalue weighted by atomic mass is 10.3. The average molecular weight is 323 g/mol. The number of halogens is 3. The zero-order valence-corrected chi connectivity index (χ0v) is 10.7. The van der Waals surface area contributed by atoms with E-state index >= 15 is 0 Å². The molecule has 76 valence electrons. The first-order valence-electron chi connectivity index (χ1n) is 4.58. The summed E-state index contributed by atoms with van der Waals surface area (Å²) in [5, 5.41) is 0. The van der Waals surface area contributed by atoms with E-state index in [1.807, 2.05) is 12.1 Å². The van der Waals surface area contributed by atoms with E-state index in [-0.39, 0.29) is 5.82 Å². The molecule has 0 spiro atoms. The van der Waals surface area contributed by atoms with Gasteiger partial charge in [-0.15, -0.1) is 0 Å². The van der Waals surface area contributed by atoms with E-state index in [0.29, 0.717) is 10.2 Å². The van der Waals surface area contributed by atoms with Crippen LogP contribution < -0.4 is 4.90 Å². The van der Waals surface area contributed by atoms with Gasteiger partial charge in [-0.05, 0) is 56.8 Å². The molecule has 0 N–H and O–H groups in total. The van der Waals surface area contributed by atoms with Crippen molar-refractivity contribution in [1.82, 2.24) is 0 Å². The maximum atomic E-state index is 13.8. The van der Waals surface area contributed by atoms with Gasteiger partial charge in [-0.1, -0.05) is 0 Å². The van der Waals surface area contributed by atoms with Gasteiger partial charge in [0.1, 0.15) is 0 Å². The van der Waals surface area contributed by atoms with E-state index in [1.165, 1.54) is 0 Å². The molecule has 14 heavy (non-hydrogen) atoms. The van der Waals surface area contributed by atoms with Gasteiger partial charge in [0.25, 0.3) is 0 Å². The summed E-state index contributed by atoms with van der Waals surface area (Å²) in [7, 11) is 0. The van der Waals surface area contributed by atoms with Gasteiger partial charge in [-0.2, -0.15) is 0 Å². The molecule has 0 unspecified atom stereocenters. The van der Waals surface area contributed by atoms with Crippen molar-refractivity contribution in [2.75, 3.05) is 18.0 Å². The minimum Gasteiger partial charge on any atom is -0.369 e. The van der Waals surface area contributed by atoms with Gasteiger partial charge in [-0.25, -0.2) is 4.39 Å². The van der Waals surface area contributed by atoms with Crippen LogP contribution in [0, 0.1) is 5.82 Å². The molecule has 1 heterocycles. The van der Waals surface area contributed by atoms with Gasteiger partial charge in [0, 0.05) is 17.6 Å². The van der Waals surface area contributed by atoms with E-state index in [1.54, 1.807) is 0 Å². The van der Waals surface area contributed by atoms with Gasteiger partial charge in [0.15, 0.2) is 5.82 Å². The van der Waals surface area contributed by atoms with E-state index in [9.17, 15) is 4.39 Å². The molecule has 1 aromatic rings. The van der Waals surface area contributed by atoms with Crippen LogP contribution in [0.1, 0.15) is 12.8 Å². The molecule has 0 bridgehead atoms. The molecule has 1 fully saturated rings. The molecule has 0 aromatic heterocycles. The van der Waals surface area contributed by atoms with Crippen LogP contribution in [0.25, 0.3) is 0 Å². The summed E-state index contributed by atoms with van der Waals surface area (Å²) >= 11 is 6.51. The van der Waals surface area contributed by atoms with Crippen molar-refractivity contribution in [1.29, 1.82) is 0 Å². The smallest absolute Gasteiger partial charge is 0.161 e. The summed E-state index contributed by atoms with van der Waals surface area (Å²) in [5.74, 6) is -0.165. The van der Waals surface area contributed by atoms with Crippen LogP contribution in [-0.4, -0.2) is 13.1 Å². The van der Waals surface area contributed by atoms with Gasteiger partial charge >= 0.3 is 0 Å². The number of nitrogens with zero attached hydrogens (tertiary/aromatic N) is 1. The standard InChI is InChI=1S/C10H10Br2FN/c11-7-3-4-8(10(13)9(7)12)14-5-1-2-6-14/h3-4H,1-2,5-6H2. The minimum atomic E-state index is -0.165. The largest absolute Gasteiger partial charge is 0.369 e. The first-order chi connectivity index (χ1) is 6.70. The summed E-state index contributed by atoms with van der Waals surface area (Å²) < 4.78 is 15.1. The lowest BCUT2D eigenvalue weighted by molar-refractivity contribution is 0.615. The third kappa shape index (κ3) is 1.82. The molecule has 0 saturated carbocycles. The highest BCUT2D eigenvalue weighted by Crippen LogP contribution is 2.33. The second-order valence-corrected chi connectivity index (χ2v) is 5.04. The Hall–Kier alpha value is -0.0900. The second-order valence-electron chi connectivity index (χ2n) is 3.39. The number of hydrogen-bond donors (Lipinski definition) is 0. The topological polar surface area (TPSA) is 3.24 Å². The van der Waals surface area contributed by atoms with Crippen molar-refractivity contribution in [3.8, 4) is 0 Å². The highest BCUT2D eigenvalue weighted by Gasteiger charge is 2.18. The zero-order valence-electron chi connectivity index (χ0n) is 7.56. The van der Waals surface area contributed by atoms with Crippen LogP contribution in [0.3, 0.4) is 0 Å². The Morgan fingerprint density at radius 2 is 1.79 bits per heavy atom. The van der Waals surface area contributed by atoms with Gasteiger partial charge in [0.2, 0.25) is 0 Å². The fraction of sp³-hybridized carbons (Fsp3) is 0.400. The average Bonchev–Trinajstić information content (AvgIpc) is 2.67. The minimum absolute atomic E-state index is 0.165. The molecule has 4 heteroatoms. The van der Waals surface area contributed by atoms with Crippen molar-refractivity contribution in [3.63, 3.8) is 0 Å². The Kier molecular flexibility index (Phi) is 3.12. The summed E-state index contributed by atoms with van der Waals surface area (Å²) in [6.45, 7) is 1.93. The number of hydrogen-bond acceptors (Lipinski definition) is 1. The quantitative estimate of drug-likeness (QED) is 0.708. The Labute approximate surface area is 99.5 Å². The Morgan fingerprint density at radius 3 is 2.43 bits per heavy atom. The Bertz CT molecular complexity index is 348. The molecule has 1 aliphatic rings. The fourth-order valence-corrected chi connectivity index (χ4v) is 2.36. The van der Waals surface area contributed by atoms with Crippen molar-refractivity contribution in [3.05, 3.63) is 26.9 Å². The van der Waals surface area contributed by atoms with E-state index in [4.69, 9.17) is 0 Å². The molecule has 1 nitrogen and oxygen atoms in total. The third-order valence-electron chi connectivity index (χ3n) is 2.46. The van der Waals surface area contributed by atoms with Crippen LogP contribution in [0.15, 0.2) is 21.1 Å². The maximum Gasteiger partial charge on any atom is 0.161 e. The molecule has 0 amide bonds. The molecular weight excluding hydrogens is 313 g/mol. The maximum absolute atomic E-state index is 13.8. The summed E-state index contributed by atoms with van der Waals surface area (Å²) in [4.78, 5) is 2.09. The van der Waals surface area contributed by atoms with Crippen molar-refractivity contribution in [2.45, 2.75) is 12.8 Å². The molecule has 2 rings (SSSR count). The van der Waals surface area contributed by atoms with Gasteiger partial charge in [-0.3, -0.25) is 0 Å². The lowest BCUT2D eigenvalue weighted by Crippen LogP contribution is -2.19. The molecule has 1 saturated heterocycles. The molecular formula is C10H10Br2FN. The SMILES string of the molecule is Fc1c(N2CCCC2)ccc(Br)c1Br. The van der Waals surface area contributed by atoms with E-state index in [2.05, 4.69) is 36.8 Å². The number of anilines is 1. The van der Waals surface area contributed by atoms with Crippen LogP contribution in [0.5, 0.6) is 0 Å². The zero-order chi connectivity index (χ0) is 10.1. The van der Waals surface area contributed by atoms with Crippen LogP contribution in [0.4, 0.5) is 10.1 Å². The summed E-state index contributed by atoms with van der Waals surface area (Å²) in [6, 6.07) is 3.70. The summed E-state index contributed by atoms with van der Waals surface area (Å²) in [5.41, 5.74) is 0.706. The molecule has 0 aliphatic carbocycles. The van der Waals surface area contributed by atoms with Gasteiger partial charge in [0.05, 0.1) is 10.2 Å². The van der Waals surface area contributed by atoms with Crippen molar-refractivity contribution < 1.29 is 4.39 Å². The molecule has 1 aromatic carbocycles. The van der Waals surface area contributed by atoms with Crippen LogP contribution in [0.2, 0.25) is 0 Å². The normalized spacial score (nSPS) is 16.4. The van der Waals surface area contributed by atoms with Gasteiger partial charge < -0.3 is 4.90 Å². The lowest BCUT2D eigenvalue weighted by Gasteiger charge is -2.19. The highest BCUT2D eigenvalue weighted by atomic mass is 79.9. The predicted octanol–water partition coefficient (Wildman–Crippen LogP) is 3.95. The monoisotopic (exact) mass is 321 g/mol. The van der Waals surface area contributed by atoms with E-state index < -0.39 is 0 Å². The number of rotatable bonds is 1. The van der Waals surface area contributed by atoms with Crippen molar-refractivity contribution in [2.24, 2.45) is 0 Å². The Balaban J connectivity index is 2.38. The number of benzene rings is 1. The first kappa shape index (κ1) is 10.4. The molecule has 0 radical (unpaired) electrons. The third-order valence-corrected chi connectivity index (χ3v) is 4.43. The molecule has 0 atom stereocenters. The summed E-state index contributed by atoms with van der Waals surface area (Å²) in [6.07, 6.45) is 2.32. The first-order valence-corrected chi connectivity index (χ1v) is 6.17. The highest BCUT2D eigenvalue weighted by molar-refractivity contribution is 9.13. The fourth-order valence-electron chi connectivity index (χ4n) is 1.72. The van der Waals surface area contributed by atoms with E-state index in [0.717, 1.165) is 30.4 Å². The van der Waals surface area contributed by atoms with Crippen LogP contribution >= 0.6 is 31.9 Å². The Morgan fingerprint density at radius 1 is 1.14 bits per heavy atom. The molecule has 1 aliphatic heterocycles.